The monoisotopic (exact) mass is 363 g/mol. The Morgan fingerprint density at radius 2 is 2.17 bits per heavy atom. The summed E-state index contributed by atoms with van der Waals surface area (Å²) < 4.78 is 1.97. The third kappa shape index (κ3) is 3.86. The molecular weight excluding hydrogens is 341 g/mol. The summed E-state index contributed by atoms with van der Waals surface area (Å²) in [5.41, 5.74) is 7.09. The topological polar surface area (TPSA) is 59.4 Å². The van der Waals surface area contributed by atoms with Crippen molar-refractivity contribution < 1.29 is 0 Å². The molecule has 1 fully saturated rings. The molecule has 1 aliphatic heterocycles. The zero-order valence-corrected chi connectivity index (χ0v) is 13.4. The summed E-state index contributed by atoms with van der Waals surface area (Å²) in [6, 6.07) is 0. The molecule has 0 amide bonds. The van der Waals surface area contributed by atoms with Crippen molar-refractivity contribution in [1.82, 2.24) is 14.5 Å². The van der Waals surface area contributed by atoms with Crippen LogP contribution in [0, 0.1) is 5.92 Å². The van der Waals surface area contributed by atoms with Crippen molar-refractivity contribution in [2.45, 2.75) is 26.3 Å². The number of piperidine rings is 1. The quantitative estimate of drug-likeness (QED) is 0.493. The molecule has 0 aliphatic carbocycles. The number of imidazole rings is 1. The van der Waals surface area contributed by atoms with Gasteiger partial charge in [-0.15, -0.1) is 24.0 Å². The summed E-state index contributed by atoms with van der Waals surface area (Å²) in [6.07, 6.45) is 6.03. The van der Waals surface area contributed by atoms with Crippen LogP contribution in [-0.2, 0) is 13.6 Å². The molecule has 5 nitrogen and oxygen atoms in total. The number of aromatic nitrogens is 2. The van der Waals surface area contributed by atoms with Gasteiger partial charge in [0.15, 0.2) is 5.96 Å². The Bertz CT molecular complexity index is 393. The summed E-state index contributed by atoms with van der Waals surface area (Å²) in [4.78, 5) is 10.7. The molecule has 1 saturated heterocycles. The van der Waals surface area contributed by atoms with Gasteiger partial charge in [-0.3, -0.25) is 0 Å². The van der Waals surface area contributed by atoms with Crippen molar-refractivity contribution >= 4 is 29.9 Å². The maximum Gasteiger partial charge on any atom is 0.191 e. The van der Waals surface area contributed by atoms with E-state index in [1.54, 1.807) is 6.33 Å². The Hall–Kier alpha value is -0.790. The van der Waals surface area contributed by atoms with Crippen molar-refractivity contribution in [3.8, 4) is 0 Å². The van der Waals surface area contributed by atoms with Crippen LogP contribution in [0.2, 0.25) is 0 Å². The van der Waals surface area contributed by atoms with E-state index in [0.29, 0.717) is 12.5 Å². The molecular formula is C12H22IN5. The van der Waals surface area contributed by atoms with Gasteiger partial charge in [0.1, 0.15) is 0 Å². The average molecular weight is 363 g/mol. The van der Waals surface area contributed by atoms with E-state index in [1.807, 2.05) is 17.8 Å². The zero-order valence-electron chi connectivity index (χ0n) is 11.0. The highest BCUT2D eigenvalue weighted by atomic mass is 127. The first-order chi connectivity index (χ1) is 8.16. The number of guanidine groups is 1. The van der Waals surface area contributed by atoms with E-state index < -0.39 is 0 Å². The molecule has 0 spiro atoms. The minimum absolute atomic E-state index is 0. The van der Waals surface area contributed by atoms with Gasteiger partial charge in [0.2, 0.25) is 0 Å². The average Bonchev–Trinajstić information content (AvgIpc) is 2.73. The molecule has 6 heteroatoms. The van der Waals surface area contributed by atoms with Gasteiger partial charge >= 0.3 is 0 Å². The molecule has 0 unspecified atom stereocenters. The van der Waals surface area contributed by atoms with Crippen LogP contribution in [0.3, 0.4) is 0 Å². The lowest BCUT2D eigenvalue weighted by atomic mass is 10.00. The van der Waals surface area contributed by atoms with Crippen molar-refractivity contribution in [1.29, 1.82) is 0 Å². The van der Waals surface area contributed by atoms with E-state index in [1.165, 1.54) is 12.8 Å². The van der Waals surface area contributed by atoms with Crippen LogP contribution in [-0.4, -0.2) is 33.5 Å². The lowest BCUT2D eigenvalue weighted by Gasteiger charge is -2.31. The highest BCUT2D eigenvalue weighted by Crippen LogP contribution is 2.15. The predicted molar refractivity (Wildman–Crippen MR) is 83.9 cm³/mol. The first-order valence-electron chi connectivity index (χ1n) is 6.17. The summed E-state index contributed by atoms with van der Waals surface area (Å²) in [7, 11) is 1.97. The van der Waals surface area contributed by atoms with Crippen molar-refractivity contribution in [3.63, 3.8) is 0 Å². The van der Waals surface area contributed by atoms with E-state index in [2.05, 4.69) is 21.8 Å². The molecule has 1 aromatic rings. The number of aryl methyl sites for hydroxylation is 1. The van der Waals surface area contributed by atoms with Crippen molar-refractivity contribution in [2.24, 2.45) is 23.7 Å². The van der Waals surface area contributed by atoms with E-state index in [4.69, 9.17) is 5.73 Å². The zero-order chi connectivity index (χ0) is 12.3. The minimum Gasteiger partial charge on any atom is -0.370 e. The van der Waals surface area contributed by atoms with Gasteiger partial charge < -0.3 is 15.2 Å². The number of likely N-dealkylation sites (tertiary alicyclic amines) is 1. The smallest absolute Gasteiger partial charge is 0.191 e. The highest BCUT2D eigenvalue weighted by Gasteiger charge is 2.16. The number of halogens is 1. The van der Waals surface area contributed by atoms with Crippen molar-refractivity contribution in [3.05, 3.63) is 18.2 Å². The molecule has 1 aliphatic rings. The standard InChI is InChI=1S/C12H21N5.HI/c1-10-3-5-17(6-4-10)12(13)15-8-11-7-14-9-16(11)2;/h7,9-10H,3-6,8H2,1-2H3,(H2,13,15);1H. The minimum atomic E-state index is 0. The number of aliphatic imine (C=N–C) groups is 1. The van der Waals surface area contributed by atoms with E-state index in [0.717, 1.165) is 24.7 Å². The Kier molecular flexibility index (Phi) is 5.90. The second-order valence-corrected chi connectivity index (χ2v) is 4.84. The van der Waals surface area contributed by atoms with E-state index in [9.17, 15) is 0 Å². The Balaban J connectivity index is 0.00000162. The first-order valence-corrected chi connectivity index (χ1v) is 6.17. The van der Waals surface area contributed by atoms with Crippen LogP contribution in [0.1, 0.15) is 25.5 Å². The predicted octanol–water partition coefficient (Wildman–Crippen LogP) is 1.58. The fourth-order valence-electron chi connectivity index (χ4n) is 2.04. The number of hydrogen-bond donors (Lipinski definition) is 1. The fourth-order valence-corrected chi connectivity index (χ4v) is 2.04. The lowest BCUT2D eigenvalue weighted by Crippen LogP contribution is -2.42. The van der Waals surface area contributed by atoms with Crippen LogP contribution >= 0.6 is 24.0 Å². The SMILES string of the molecule is CC1CCN(C(N)=NCc2cncn2C)CC1.I. The number of nitrogens with two attached hydrogens (primary N) is 1. The van der Waals surface area contributed by atoms with Gasteiger partial charge in [-0.2, -0.15) is 0 Å². The van der Waals surface area contributed by atoms with Gasteiger partial charge in [0, 0.05) is 20.1 Å². The van der Waals surface area contributed by atoms with Gasteiger partial charge in [0.25, 0.3) is 0 Å². The van der Waals surface area contributed by atoms with Gasteiger partial charge in [-0.25, -0.2) is 9.98 Å². The second-order valence-electron chi connectivity index (χ2n) is 4.84. The normalized spacial score (nSPS) is 17.7. The maximum atomic E-state index is 6.01. The molecule has 2 N–H and O–H groups in total. The van der Waals surface area contributed by atoms with Gasteiger partial charge in [0.05, 0.1) is 24.8 Å². The largest absolute Gasteiger partial charge is 0.370 e. The van der Waals surface area contributed by atoms with Crippen molar-refractivity contribution in [2.75, 3.05) is 13.1 Å². The molecule has 2 heterocycles. The summed E-state index contributed by atoms with van der Waals surface area (Å²) in [5.74, 6) is 1.48. The number of hydrogen-bond acceptors (Lipinski definition) is 2. The molecule has 0 aromatic carbocycles. The second kappa shape index (κ2) is 6.96. The molecule has 0 saturated carbocycles. The fraction of sp³-hybridized carbons (Fsp3) is 0.667. The molecule has 1 aromatic heterocycles. The lowest BCUT2D eigenvalue weighted by molar-refractivity contribution is 0.277. The molecule has 18 heavy (non-hydrogen) atoms. The van der Waals surface area contributed by atoms with Gasteiger partial charge in [-0.05, 0) is 18.8 Å². The van der Waals surface area contributed by atoms with Crippen LogP contribution in [0.5, 0.6) is 0 Å². The number of rotatable bonds is 2. The van der Waals surface area contributed by atoms with Crippen LogP contribution in [0.4, 0.5) is 0 Å². The summed E-state index contributed by atoms with van der Waals surface area (Å²) in [5, 5.41) is 0. The molecule has 0 bridgehead atoms. The first kappa shape index (κ1) is 15.3. The van der Waals surface area contributed by atoms with Gasteiger partial charge in [-0.1, -0.05) is 6.92 Å². The maximum absolute atomic E-state index is 6.01. The Labute approximate surface area is 125 Å². The Morgan fingerprint density at radius 3 is 2.72 bits per heavy atom. The Morgan fingerprint density at radius 1 is 1.50 bits per heavy atom. The molecule has 0 atom stereocenters. The highest BCUT2D eigenvalue weighted by molar-refractivity contribution is 14.0. The molecule has 102 valence electrons. The number of nitrogens with zero attached hydrogens (tertiary/aromatic N) is 4. The van der Waals surface area contributed by atoms with E-state index >= 15 is 0 Å². The van der Waals surface area contributed by atoms with Crippen LogP contribution in [0.15, 0.2) is 17.5 Å². The third-order valence-corrected chi connectivity index (χ3v) is 3.43. The van der Waals surface area contributed by atoms with Crippen LogP contribution in [0.25, 0.3) is 0 Å². The molecule has 0 radical (unpaired) electrons. The van der Waals surface area contributed by atoms with Crippen LogP contribution < -0.4 is 5.73 Å². The van der Waals surface area contributed by atoms with E-state index in [-0.39, 0.29) is 24.0 Å². The summed E-state index contributed by atoms with van der Waals surface area (Å²) in [6.45, 7) is 4.96. The third-order valence-electron chi connectivity index (χ3n) is 3.43. The molecule has 2 rings (SSSR count). The summed E-state index contributed by atoms with van der Waals surface area (Å²) >= 11 is 0.